The van der Waals surface area contributed by atoms with E-state index in [0.717, 1.165) is 64.5 Å². The first-order valence-corrected chi connectivity index (χ1v) is 8.63. The monoisotopic (exact) mass is 316 g/mol. The first-order valence-electron chi connectivity index (χ1n) is 8.63. The molecule has 3 aliphatic rings. The van der Waals surface area contributed by atoms with Gasteiger partial charge in [0.05, 0.1) is 19.1 Å². The summed E-state index contributed by atoms with van der Waals surface area (Å²) in [5.41, 5.74) is 2.68. The van der Waals surface area contributed by atoms with Crippen LogP contribution in [0.4, 0.5) is 0 Å². The zero-order valence-electron chi connectivity index (χ0n) is 13.5. The molecule has 4 rings (SSSR count). The number of rotatable bonds is 3. The molecule has 1 aromatic rings. The average Bonchev–Trinajstić information content (AvgIpc) is 3.26. The van der Waals surface area contributed by atoms with E-state index < -0.39 is 0 Å². The Balaban J connectivity index is 1.30. The molecule has 0 aliphatic carbocycles. The summed E-state index contributed by atoms with van der Waals surface area (Å²) < 4.78 is 10.9. The molecule has 3 aliphatic heterocycles. The van der Waals surface area contributed by atoms with Gasteiger partial charge in [0.1, 0.15) is 5.75 Å². The van der Waals surface area contributed by atoms with Crippen molar-refractivity contribution in [2.45, 2.75) is 19.4 Å². The Labute approximate surface area is 137 Å². The lowest BCUT2D eigenvalue weighted by Gasteiger charge is -2.35. The molecule has 3 heterocycles. The van der Waals surface area contributed by atoms with Crippen molar-refractivity contribution in [2.24, 2.45) is 5.92 Å². The van der Waals surface area contributed by atoms with Gasteiger partial charge in [0, 0.05) is 45.8 Å². The number of carbonyl (C=O) groups is 1. The second-order valence-electron chi connectivity index (χ2n) is 6.70. The zero-order chi connectivity index (χ0) is 15.6. The maximum atomic E-state index is 12.4. The van der Waals surface area contributed by atoms with Crippen molar-refractivity contribution >= 4 is 5.91 Å². The smallest absolute Gasteiger partial charge is 0.228 e. The van der Waals surface area contributed by atoms with Crippen LogP contribution in [-0.4, -0.2) is 61.7 Å². The topological polar surface area (TPSA) is 42.0 Å². The molecule has 0 unspecified atom stereocenters. The standard InChI is InChI=1S/C18H24N2O3/c21-18(16-3-9-22-13-16)20-7-5-19(6-8-20)12-14-1-2-17-15(11-14)4-10-23-17/h1-2,11,16H,3-10,12-13H2/t16-/m1/s1. The van der Waals surface area contributed by atoms with E-state index in [1.165, 1.54) is 11.1 Å². The maximum Gasteiger partial charge on any atom is 0.228 e. The molecule has 1 aromatic carbocycles. The van der Waals surface area contributed by atoms with Gasteiger partial charge in [-0.05, 0) is 23.6 Å². The fourth-order valence-corrected chi connectivity index (χ4v) is 3.71. The Morgan fingerprint density at radius 1 is 1.17 bits per heavy atom. The number of fused-ring (bicyclic) bond motifs is 1. The highest BCUT2D eigenvalue weighted by Crippen LogP contribution is 2.26. The van der Waals surface area contributed by atoms with Gasteiger partial charge in [0.25, 0.3) is 0 Å². The first kappa shape index (κ1) is 15.0. The molecule has 5 nitrogen and oxygen atoms in total. The van der Waals surface area contributed by atoms with Crippen molar-refractivity contribution in [1.82, 2.24) is 9.80 Å². The summed E-state index contributed by atoms with van der Waals surface area (Å²) in [6.07, 6.45) is 1.91. The van der Waals surface area contributed by atoms with E-state index in [0.29, 0.717) is 6.61 Å². The largest absolute Gasteiger partial charge is 0.493 e. The third kappa shape index (κ3) is 3.21. The molecule has 0 saturated carbocycles. The van der Waals surface area contributed by atoms with Crippen LogP contribution in [0.2, 0.25) is 0 Å². The minimum Gasteiger partial charge on any atom is -0.493 e. The molecule has 124 valence electrons. The van der Waals surface area contributed by atoms with Crippen molar-refractivity contribution in [3.05, 3.63) is 29.3 Å². The Morgan fingerprint density at radius 2 is 2.04 bits per heavy atom. The molecule has 0 N–H and O–H groups in total. The molecule has 1 amide bonds. The summed E-state index contributed by atoms with van der Waals surface area (Å²) in [7, 11) is 0. The Bertz CT molecular complexity index is 576. The Morgan fingerprint density at radius 3 is 2.83 bits per heavy atom. The summed E-state index contributed by atoms with van der Waals surface area (Å²) in [6, 6.07) is 6.53. The number of piperazine rings is 1. The second kappa shape index (κ2) is 6.49. The molecule has 23 heavy (non-hydrogen) atoms. The third-order valence-corrected chi connectivity index (χ3v) is 5.12. The molecule has 1 atom stereocenters. The number of ether oxygens (including phenoxy) is 2. The fraction of sp³-hybridized carbons (Fsp3) is 0.611. The van der Waals surface area contributed by atoms with Gasteiger partial charge < -0.3 is 14.4 Å². The van der Waals surface area contributed by atoms with Crippen molar-refractivity contribution in [1.29, 1.82) is 0 Å². The number of hydrogen-bond acceptors (Lipinski definition) is 4. The van der Waals surface area contributed by atoms with Gasteiger partial charge in [-0.1, -0.05) is 12.1 Å². The third-order valence-electron chi connectivity index (χ3n) is 5.12. The van der Waals surface area contributed by atoms with E-state index in [1.807, 2.05) is 4.90 Å². The highest BCUT2D eigenvalue weighted by Gasteiger charge is 2.30. The molecule has 2 fully saturated rings. The van der Waals surface area contributed by atoms with E-state index >= 15 is 0 Å². The van der Waals surface area contributed by atoms with Gasteiger partial charge in [-0.3, -0.25) is 9.69 Å². The average molecular weight is 316 g/mol. The lowest BCUT2D eigenvalue weighted by molar-refractivity contribution is -0.137. The highest BCUT2D eigenvalue weighted by atomic mass is 16.5. The molecule has 0 radical (unpaired) electrons. The zero-order valence-corrected chi connectivity index (χ0v) is 13.5. The van der Waals surface area contributed by atoms with Crippen molar-refractivity contribution < 1.29 is 14.3 Å². The van der Waals surface area contributed by atoms with E-state index in [-0.39, 0.29) is 11.8 Å². The molecule has 2 saturated heterocycles. The van der Waals surface area contributed by atoms with Crippen molar-refractivity contribution in [3.63, 3.8) is 0 Å². The van der Waals surface area contributed by atoms with Crippen LogP contribution in [-0.2, 0) is 22.5 Å². The lowest BCUT2D eigenvalue weighted by atomic mass is 10.1. The Kier molecular flexibility index (Phi) is 4.23. The van der Waals surface area contributed by atoms with Crippen LogP contribution in [0.3, 0.4) is 0 Å². The molecule has 0 spiro atoms. The predicted octanol–water partition coefficient (Wildman–Crippen LogP) is 1.30. The van der Waals surface area contributed by atoms with Crippen LogP contribution in [0.25, 0.3) is 0 Å². The van der Waals surface area contributed by atoms with Gasteiger partial charge in [-0.25, -0.2) is 0 Å². The minimum absolute atomic E-state index is 0.0956. The summed E-state index contributed by atoms with van der Waals surface area (Å²) in [5, 5.41) is 0. The molecular weight excluding hydrogens is 292 g/mol. The Hall–Kier alpha value is -1.59. The number of hydrogen-bond donors (Lipinski definition) is 0. The van der Waals surface area contributed by atoms with Gasteiger partial charge in [-0.15, -0.1) is 0 Å². The lowest BCUT2D eigenvalue weighted by Crippen LogP contribution is -2.50. The molecule has 0 bridgehead atoms. The second-order valence-corrected chi connectivity index (χ2v) is 6.70. The van der Waals surface area contributed by atoms with E-state index in [1.54, 1.807) is 0 Å². The SMILES string of the molecule is O=C([C@@H]1CCOC1)N1CCN(Cc2ccc3c(c2)CCO3)CC1. The number of carbonyl (C=O) groups excluding carboxylic acids is 1. The van der Waals surface area contributed by atoms with Crippen LogP contribution in [0.5, 0.6) is 5.75 Å². The van der Waals surface area contributed by atoms with Gasteiger partial charge in [-0.2, -0.15) is 0 Å². The van der Waals surface area contributed by atoms with Crippen LogP contribution in [0.15, 0.2) is 18.2 Å². The summed E-state index contributed by atoms with van der Waals surface area (Å²) in [5.74, 6) is 1.43. The van der Waals surface area contributed by atoms with Gasteiger partial charge >= 0.3 is 0 Å². The predicted molar refractivity (Wildman–Crippen MR) is 86.4 cm³/mol. The van der Waals surface area contributed by atoms with E-state index in [4.69, 9.17) is 9.47 Å². The summed E-state index contributed by atoms with van der Waals surface area (Å²) in [4.78, 5) is 16.9. The van der Waals surface area contributed by atoms with E-state index in [2.05, 4.69) is 23.1 Å². The number of amides is 1. The van der Waals surface area contributed by atoms with Gasteiger partial charge in [0.15, 0.2) is 0 Å². The van der Waals surface area contributed by atoms with Crippen LogP contribution in [0, 0.1) is 5.92 Å². The minimum atomic E-state index is 0.0956. The van der Waals surface area contributed by atoms with Crippen LogP contribution >= 0.6 is 0 Å². The quantitative estimate of drug-likeness (QED) is 0.843. The summed E-state index contributed by atoms with van der Waals surface area (Å²) >= 11 is 0. The van der Waals surface area contributed by atoms with Crippen molar-refractivity contribution in [3.8, 4) is 5.75 Å². The number of benzene rings is 1. The maximum absolute atomic E-state index is 12.4. The van der Waals surface area contributed by atoms with E-state index in [9.17, 15) is 4.79 Å². The number of nitrogens with zero attached hydrogens (tertiary/aromatic N) is 2. The highest BCUT2D eigenvalue weighted by molar-refractivity contribution is 5.79. The first-order chi connectivity index (χ1) is 11.3. The van der Waals surface area contributed by atoms with Gasteiger partial charge in [0.2, 0.25) is 5.91 Å². The fourth-order valence-electron chi connectivity index (χ4n) is 3.71. The molecule has 0 aromatic heterocycles. The van der Waals surface area contributed by atoms with Crippen LogP contribution < -0.4 is 4.74 Å². The molecule has 5 heteroatoms. The van der Waals surface area contributed by atoms with Crippen molar-refractivity contribution in [2.75, 3.05) is 46.0 Å². The molecular formula is C18H24N2O3. The summed E-state index contributed by atoms with van der Waals surface area (Å²) in [6.45, 7) is 6.69. The normalized spacial score (nSPS) is 24.5. The van der Waals surface area contributed by atoms with Crippen LogP contribution in [0.1, 0.15) is 17.5 Å².